The van der Waals surface area contributed by atoms with Crippen LogP contribution in [0.5, 0.6) is 5.75 Å². The fourth-order valence-electron chi connectivity index (χ4n) is 1.05. The van der Waals surface area contributed by atoms with Gasteiger partial charge in [-0.3, -0.25) is 0 Å². The van der Waals surface area contributed by atoms with E-state index in [0.717, 1.165) is 0 Å². The molecule has 0 aromatic heterocycles. The Morgan fingerprint density at radius 3 is 2.33 bits per heavy atom. The van der Waals surface area contributed by atoms with Gasteiger partial charge in [0, 0.05) is 5.56 Å². The van der Waals surface area contributed by atoms with Crippen LogP contribution in [0.2, 0.25) is 0 Å². The number of carbonyl (C=O) groups is 1. The van der Waals surface area contributed by atoms with Crippen molar-refractivity contribution in [2.45, 2.75) is 6.04 Å². The Morgan fingerprint density at radius 1 is 1.47 bits per heavy atom. The van der Waals surface area contributed by atoms with Crippen molar-refractivity contribution in [2.75, 3.05) is 7.11 Å². The van der Waals surface area contributed by atoms with Crippen molar-refractivity contribution in [3.63, 3.8) is 0 Å². The van der Waals surface area contributed by atoms with Gasteiger partial charge in [0.15, 0.2) is 0 Å². The first-order chi connectivity index (χ1) is 6.69. The second-order valence-corrected chi connectivity index (χ2v) is 2.62. The summed E-state index contributed by atoms with van der Waals surface area (Å²) in [6.07, 6.45) is 0. The van der Waals surface area contributed by atoms with Crippen LogP contribution in [0.4, 0.5) is 0 Å². The number of aliphatic carboxylic acids is 1. The monoisotopic (exact) mass is 229 g/mol. The van der Waals surface area contributed by atoms with E-state index in [4.69, 9.17) is 11.3 Å². The number of benzene rings is 1. The molecule has 1 rings (SSSR count). The van der Waals surface area contributed by atoms with Gasteiger partial charge in [-0.2, -0.15) is 0 Å². The maximum Gasteiger partial charge on any atom is 1.00 e. The van der Waals surface area contributed by atoms with Crippen molar-refractivity contribution in [1.82, 2.24) is 0 Å². The van der Waals surface area contributed by atoms with Crippen LogP contribution in [-0.4, -0.2) is 13.1 Å². The van der Waals surface area contributed by atoms with Gasteiger partial charge in [-0.25, -0.2) is 6.57 Å². The molecular weight excluding hydrogens is 221 g/mol. The van der Waals surface area contributed by atoms with Crippen LogP contribution in [0.25, 0.3) is 4.85 Å². The van der Waals surface area contributed by atoms with Crippen LogP contribution < -0.4 is 61.2 Å². The third-order valence-electron chi connectivity index (χ3n) is 1.78. The van der Waals surface area contributed by atoms with Gasteiger partial charge in [-0.1, -0.05) is 0 Å². The van der Waals surface area contributed by atoms with Crippen molar-refractivity contribution in [2.24, 2.45) is 0 Å². The van der Waals surface area contributed by atoms with Crippen molar-refractivity contribution >= 4 is 5.97 Å². The molecule has 0 aliphatic rings. The molecule has 1 aromatic rings. The summed E-state index contributed by atoms with van der Waals surface area (Å²) in [6, 6.07) is 5.06. The number of hydrogen-bond donors (Lipinski definition) is 0. The van der Waals surface area contributed by atoms with Crippen LogP contribution in [0, 0.1) is 6.57 Å². The second kappa shape index (κ2) is 6.98. The molecule has 0 bridgehead atoms. The molecule has 0 fully saturated rings. The van der Waals surface area contributed by atoms with Gasteiger partial charge in [0.2, 0.25) is 0 Å². The zero-order valence-corrected chi connectivity index (χ0v) is 11.7. The normalized spacial score (nSPS) is 10.7. The standard InChI is InChI=1S/C10H9NO3.K/c1-11-9(10(12)13)7-3-5-8(14-2)6-4-7;/h3-6,9H,2H3,(H,12,13);/q;+1/p-1. The minimum atomic E-state index is -1.38. The van der Waals surface area contributed by atoms with E-state index in [-0.39, 0.29) is 51.4 Å². The number of nitrogens with zero attached hydrogens (tertiary/aromatic N) is 1. The molecule has 4 nitrogen and oxygen atoms in total. The Bertz CT molecular complexity index is 369. The summed E-state index contributed by atoms with van der Waals surface area (Å²) < 4.78 is 4.90. The molecule has 0 aliphatic heterocycles. The van der Waals surface area contributed by atoms with Gasteiger partial charge in [0.25, 0.3) is 6.04 Å². The van der Waals surface area contributed by atoms with Gasteiger partial charge in [0.05, 0.1) is 7.11 Å². The van der Waals surface area contributed by atoms with Gasteiger partial charge < -0.3 is 19.5 Å². The Balaban J connectivity index is 0.00000196. The van der Waals surface area contributed by atoms with Gasteiger partial charge in [-0.15, -0.1) is 0 Å². The van der Waals surface area contributed by atoms with Crippen LogP contribution in [0.15, 0.2) is 24.3 Å². The molecule has 0 radical (unpaired) electrons. The third-order valence-corrected chi connectivity index (χ3v) is 1.78. The van der Waals surface area contributed by atoms with Gasteiger partial charge in [0.1, 0.15) is 11.7 Å². The van der Waals surface area contributed by atoms with Crippen LogP contribution in [0.1, 0.15) is 11.6 Å². The van der Waals surface area contributed by atoms with E-state index >= 15 is 0 Å². The summed E-state index contributed by atoms with van der Waals surface area (Å²) in [5.41, 5.74) is 0.404. The first kappa shape index (κ1) is 14.6. The van der Waals surface area contributed by atoms with E-state index < -0.39 is 12.0 Å². The molecule has 15 heavy (non-hydrogen) atoms. The zero-order chi connectivity index (χ0) is 10.6. The van der Waals surface area contributed by atoms with E-state index in [9.17, 15) is 9.90 Å². The number of hydrogen-bond acceptors (Lipinski definition) is 3. The Labute approximate surface area is 130 Å². The van der Waals surface area contributed by atoms with Gasteiger partial charge >= 0.3 is 51.4 Å². The smallest absolute Gasteiger partial charge is 0.542 e. The van der Waals surface area contributed by atoms with Gasteiger partial charge in [-0.05, 0) is 24.3 Å². The SMILES string of the molecule is [C-]#[N+]C(C(=O)[O-])c1ccc(OC)cc1.[K+]. The molecule has 0 N–H and O–H groups in total. The average molecular weight is 229 g/mol. The molecule has 1 atom stereocenters. The van der Waals surface area contributed by atoms with Crippen LogP contribution in [-0.2, 0) is 4.79 Å². The fraction of sp³-hybridized carbons (Fsp3) is 0.200. The number of carboxylic acid groups (broad SMARTS) is 1. The summed E-state index contributed by atoms with van der Waals surface area (Å²) in [4.78, 5) is 13.5. The molecule has 0 saturated carbocycles. The summed E-state index contributed by atoms with van der Waals surface area (Å²) in [5, 5.41) is 10.5. The molecule has 5 heteroatoms. The topological polar surface area (TPSA) is 53.7 Å². The first-order valence-corrected chi connectivity index (χ1v) is 3.90. The summed E-state index contributed by atoms with van der Waals surface area (Å²) >= 11 is 0. The Kier molecular flexibility index (Phi) is 6.81. The van der Waals surface area contributed by atoms with E-state index in [2.05, 4.69) is 4.85 Å². The number of carboxylic acids is 1. The predicted molar refractivity (Wildman–Crippen MR) is 47.3 cm³/mol. The molecule has 0 aliphatic carbocycles. The molecule has 0 amide bonds. The molecule has 0 spiro atoms. The fourth-order valence-corrected chi connectivity index (χ4v) is 1.05. The largest absolute Gasteiger partial charge is 1.00 e. The minimum Gasteiger partial charge on any atom is -0.542 e. The van der Waals surface area contributed by atoms with E-state index in [1.807, 2.05) is 0 Å². The second-order valence-electron chi connectivity index (χ2n) is 2.62. The molecule has 1 unspecified atom stereocenters. The summed E-state index contributed by atoms with van der Waals surface area (Å²) in [6.45, 7) is 6.70. The number of rotatable bonds is 3. The molecule has 0 heterocycles. The maximum absolute atomic E-state index is 10.5. The molecular formula is C10H8KNO3. The molecule has 1 aromatic carbocycles. The summed E-state index contributed by atoms with van der Waals surface area (Å²) in [5.74, 6) is -0.763. The zero-order valence-electron chi connectivity index (χ0n) is 8.56. The first-order valence-electron chi connectivity index (χ1n) is 3.90. The molecule has 72 valence electrons. The minimum absolute atomic E-state index is 0. The number of ether oxygens (including phenoxy) is 1. The van der Waals surface area contributed by atoms with Crippen molar-refractivity contribution in [3.8, 4) is 5.75 Å². The predicted octanol–water partition coefficient (Wildman–Crippen LogP) is -2.59. The van der Waals surface area contributed by atoms with Crippen molar-refractivity contribution in [1.29, 1.82) is 0 Å². The van der Waals surface area contributed by atoms with Crippen LogP contribution in [0.3, 0.4) is 0 Å². The van der Waals surface area contributed by atoms with Crippen molar-refractivity contribution < 1.29 is 66.0 Å². The van der Waals surface area contributed by atoms with E-state index in [1.165, 1.54) is 19.2 Å². The Hall–Kier alpha value is -0.384. The quantitative estimate of drug-likeness (QED) is 0.422. The van der Waals surface area contributed by atoms with E-state index in [0.29, 0.717) is 11.3 Å². The Morgan fingerprint density at radius 2 is 2.00 bits per heavy atom. The van der Waals surface area contributed by atoms with Crippen molar-refractivity contribution in [3.05, 3.63) is 41.2 Å². The third kappa shape index (κ3) is 3.93. The summed E-state index contributed by atoms with van der Waals surface area (Å²) in [7, 11) is 1.51. The number of carbonyl (C=O) groups excluding carboxylic acids is 1. The number of methoxy groups -OCH3 is 1. The maximum atomic E-state index is 10.5. The van der Waals surface area contributed by atoms with Crippen LogP contribution >= 0.6 is 0 Å². The molecule has 0 saturated heterocycles. The average Bonchev–Trinajstić information content (AvgIpc) is 2.19. The van der Waals surface area contributed by atoms with E-state index in [1.54, 1.807) is 12.1 Å².